The highest BCUT2D eigenvalue weighted by Gasteiger charge is 2.23. The highest BCUT2D eigenvalue weighted by molar-refractivity contribution is 5.75. The van der Waals surface area contributed by atoms with Gasteiger partial charge < -0.3 is 15.2 Å². The molecule has 4 nitrogen and oxygen atoms in total. The number of rotatable bonds is 4. The van der Waals surface area contributed by atoms with E-state index in [9.17, 15) is 4.79 Å². The van der Waals surface area contributed by atoms with Crippen molar-refractivity contribution in [2.45, 2.75) is 38.8 Å². The summed E-state index contributed by atoms with van der Waals surface area (Å²) in [6.07, 6.45) is 1.38. The summed E-state index contributed by atoms with van der Waals surface area (Å²) in [5, 5.41) is 0. The zero-order chi connectivity index (χ0) is 10.6. The van der Waals surface area contributed by atoms with E-state index in [2.05, 4.69) is 0 Å². The van der Waals surface area contributed by atoms with Crippen LogP contribution < -0.4 is 5.73 Å². The highest BCUT2D eigenvalue weighted by Crippen LogP contribution is 2.11. The second kappa shape index (κ2) is 5.32. The second-order valence-corrected chi connectivity index (χ2v) is 4.16. The molecule has 0 aromatic rings. The molecule has 1 rings (SSSR count). The van der Waals surface area contributed by atoms with Gasteiger partial charge in [0.25, 0.3) is 0 Å². The molecule has 0 spiro atoms. The van der Waals surface area contributed by atoms with Gasteiger partial charge in [0.15, 0.2) is 0 Å². The van der Waals surface area contributed by atoms with Gasteiger partial charge >= 0.3 is 5.97 Å². The number of carbonyl (C=O) groups excluding carboxylic acids is 1. The molecule has 1 heterocycles. The normalized spacial score (nSPS) is 23.9. The van der Waals surface area contributed by atoms with E-state index in [1.54, 1.807) is 0 Å². The van der Waals surface area contributed by atoms with E-state index >= 15 is 0 Å². The predicted molar refractivity (Wildman–Crippen MR) is 52.7 cm³/mol. The molecule has 0 radical (unpaired) electrons. The van der Waals surface area contributed by atoms with Gasteiger partial charge in [-0.2, -0.15) is 0 Å². The molecule has 2 atom stereocenters. The van der Waals surface area contributed by atoms with Crippen molar-refractivity contribution < 1.29 is 14.3 Å². The largest absolute Gasteiger partial charge is 0.459 e. The molecule has 0 bridgehead atoms. The van der Waals surface area contributed by atoms with Crippen molar-refractivity contribution in [3.8, 4) is 0 Å². The van der Waals surface area contributed by atoms with E-state index in [1.165, 1.54) is 0 Å². The average molecular weight is 201 g/mol. The highest BCUT2D eigenvalue weighted by atomic mass is 16.6. The summed E-state index contributed by atoms with van der Waals surface area (Å²) in [5.74, 6) is 0.117. The molecule has 2 unspecified atom stereocenters. The van der Waals surface area contributed by atoms with Crippen LogP contribution in [-0.4, -0.2) is 31.3 Å². The fraction of sp³-hybridized carbons (Fsp3) is 0.900. The van der Waals surface area contributed by atoms with Gasteiger partial charge in [0, 0.05) is 6.42 Å². The Morgan fingerprint density at radius 3 is 2.86 bits per heavy atom. The van der Waals surface area contributed by atoms with Crippen molar-refractivity contribution in [2.75, 3.05) is 13.2 Å². The third-order valence-corrected chi connectivity index (χ3v) is 2.20. The summed E-state index contributed by atoms with van der Waals surface area (Å²) in [6.45, 7) is 5.26. The Bertz CT molecular complexity index is 188. The third-order valence-electron chi connectivity index (χ3n) is 2.20. The first-order valence-electron chi connectivity index (χ1n) is 5.13. The van der Waals surface area contributed by atoms with Crippen LogP contribution in [0.25, 0.3) is 0 Å². The molecule has 14 heavy (non-hydrogen) atoms. The monoisotopic (exact) mass is 201 g/mol. The maximum atomic E-state index is 11.4. The maximum absolute atomic E-state index is 11.4. The van der Waals surface area contributed by atoms with Gasteiger partial charge in [-0.15, -0.1) is 0 Å². The van der Waals surface area contributed by atoms with Gasteiger partial charge in [-0.25, -0.2) is 0 Å². The Morgan fingerprint density at radius 1 is 1.64 bits per heavy atom. The Hall–Kier alpha value is -0.610. The molecule has 1 fully saturated rings. The number of hydrogen-bond acceptors (Lipinski definition) is 4. The fourth-order valence-electron chi connectivity index (χ4n) is 1.46. The number of carbonyl (C=O) groups is 1. The van der Waals surface area contributed by atoms with Crippen LogP contribution in [0.2, 0.25) is 0 Å². The molecule has 82 valence electrons. The van der Waals surface area contributed by atoms with Crippen molar-refractivity contribution in [3.63, 3.8) is 0 Å². The first kappa shape index (κ1) is 11.5. The molecule has 1 saturated heterocycles. The van der Waals surface area contributed by atoms with Crippen LogP contribution in [0, 0.1) is 5.92 Å². The van der Waals surface area contributed by atoms with Crippen molar-refractivity contribution >= 4 is 5.97 Å². The van der Waals surface area contributed by atoms with Crippen LogP contribution >= 0.6 is 0 Å². The zero-order valence-corrected chi connectivity index (χ0v) is 8.86. The van der Waals surface area contributed by atoms with Crippen LogP contribution in [0.5, 0.6) is 0 Å². The van der Waals surface area contributed by atoms with Gasteiger partial charge in [-0.1, -0.05) is 13.8 Å². The van der Waals surface area contributed by atoms with Crippen LogP contribution in [0.4, 0.5) is 0 Å². The smallest absolute Gasteiger partial charge is 0.323 e. The molecule has 0 aromatic heterocycles. The van der Waals surface area contributed by atoms with Gasteiger partial charge in [0.05, 0.1) is 13.2 Å². The number of hydrogen-bond donors (Lipinski definition) is 1. The van der Waals surface area contributed by atoms with Gasteiger partial charge in [-0.3, -0.25) is 4.79 Å². The summed E-state index contributed by atoms with van der Waals surface area (Å²) in [5.41, 5.74) is 5.68. The van der Waals surface area contributed by atoms with Crippen LogP contribution in [0.15, 0.2) is 0 Å². The SMILES string of the molecule is CC(C)CC(N)C(=O)OC1CCOC1. The molecule has 1 aliphatic rings. The number of ether oxygens (including phenoxy) is 2. The van der Waals surface area contributed by atoms with E-state index < -0.39 is 6.04 Å². The lowest BCUT2D eigenvalue weighted by Crippen LogP contribution is -2.36. The lowest BCUT2D eigenvalue weighted by atomic mass is 10.0. The summed E-state index contributed by atoms with van der Waals surface area (Å²) in [4.78, 5) is 11.4. The summed E-state index contributed by atoms with van der Waals surface area (Å²) in [7, 11) is 0. The first-order chi connectivity index (χ1) is 6.59. The lowest BCUT2D eigenvalue weighted by molar-refractivity contribution is -0.151. The summed E-state index contributed by atoms with van der Waals surface area (Å²) < 4.78 is 10.3. The zero-order valence-electron chi connectivity index (χ0n) is 8.86. The Labute approximate surface area is 84.7 Å². The average Bonchev–Trinajstić information content (AvgIpc) is 2.55. The van der Waals surface area contributed by atoms with E-state index in [-0.39, 0.29) is 12.1 Å². The van der Waals surface area contributed by atoms with Crippen molar-refractivity contribution in [1.82, 2.24) is 0 Å². The summed E-state index contributed by atoms with van der Waals surface area (Å²) in [6, 6.07) is -0.490. The quantitative estimate of drug-likeness (QED) is 0.680. The van der Waals surface area contributed by atoms with Crippen LogP contribution in [-0.2, 0) is 14.3 Å². The standard InChI is InChI=1S/C10H19NO3/c1-7(2)5-9(11)10(12)14-8-3-4-13-6-8/h7-9H,3-6,11H2,1-2H3. The van der Waals surface area contributed by atoms with Crippen molar-refractivity contribution in [2.24, 2.45) is 11.7 Å². The fourth-order valence-corrected chi connectivity index (χ4v) is 1.46. The Morgan fingerprint density at radius 2 is 2.36 bits per heavy atom. The predicted octanol–water partition coefficient (Wildman–Crippen LogP) is 0.692. The minimum Gasteiger partial charge on any atom is -0.459 e. The number of esters is 1. The lowest BCUT2D eigenvalue weighted by Gasteiger charge is -2.16. The van der Waals surface area contributed by atoms with E-state index in [0.29, 0.717) is 25.6 Å². The Kier molecular flexibility index (Phi) is 4.35. The minimum atomic E-state index is -0.490. The topological polar surface area (TPSA) is 61.6 Å². The van der Waals surface area contributed by atoms with Crippen LogP contribution in [0.3, 0.4) is 0 Å². The molecule has 2 N–H and O–H groups in total. The molecule has 1 aliphatic heterocycles. The van der Waals surface area contributed by atoms with Crippen molar-refractivity contribution in [1.29, 1.82) is 0 Å². The van der Waals surface area contributed by atoms with Gasteiger partial charge in [-0.05, 0) is 12.3 Å². The van der Waals surface area contributed by atoms with Crippen LogP contribution in [0.1, 0.15) is 26.7 Å². The summed E-state index contributed by atoms with van der Waals surface area (Å²) >= 11 is 0. The molecule has 0 saturated carbocycles. The van der Waals surface area contributed by atoms with E-state index in [1.807, 2.05) is 13.8 Å². The maximum Gasteiger partial charge on any atom is 0.323 e. The molecule has 0 aliphatic carbocycles. The van der Waals surface area contributed by atoms with Gasteiger partial charge in [0.1, 0.15) is 12.1 Å². The number of nitrogens with two attached hydrogens (primary N) is 1. The molecular formula is C10H19NO3. The van der Waals surface area contributed by atoms with Crippen molar-refractivity contribution in [3.05, 3.63) is 0 Å². The molecule has 0 aromatic carbocycles. The second-order valence-electron chi connectivity index (χ2n) is 4.16. The molecule has 0 amide bonds. The first-order valence-corrected chi connectivity index (χ1v) is 5.13. The molecular weight excluding hydrogens is 182 g/mol. The Balaban J connectivity index is 2.25. The minimum absolute atomic E-state index is 0.0827. The van der Waals surface area contributed by atoms with E-state index in [4.69, 9.17) is 15.2 Å². The van der Waals surface area contributed by atoms with E-state index in [0.717, 1.165) is 6.42 Å². The van der Waals surface area contributed by atoms with Gasteiger partial charge in [0.2, 0.25) is 0 Å². The third kappa shape index (κ3) is 3.64. The molecule has 4 heteroatoms.